The van der Waals surface area contributed by atoms with Crippen LogP contribution in [0.15, 0.2) is 33.1 Å². The minimum atomic E-state index is -0.812. The number of aryl methyl sites for hydroxylation is 1. The molecule has 0 bridgehead atoms. The summed E-state index contributed by atoms with van der Waals surface area (Å²) in [4.78, 5) is 30.3. The van der Waals surface area contributed by atoms with Gasteiger partial charge in [0.2, 0.25) is 0 Å². The number of urea groups is 1. The molecule has 9 heteroatoms. The maximum absolute atomic E-state index is 13.2. The monoisotopic (exact) mass is 511 g/mol. The molecule has 1 saturated carbocycles. The van der Waals surface area contributed by atoms with Gasteiger partial charge in [-0.15, -0.1) is 11.8 Å². The van der Waals surface area contributed by atoms with Gasteiger partial charge in [-0.1, -0.05) is 47.0 Å². The second-order valence-electron chi connectivity index (χ2n) is 7.66. The van der Waals surface area contributed by atoms with Gasteiger partial charge in [0.05, 0.1) is 16.3 Å². The van der Waals surface area contributed by atoms with Crippen molar-refractivity contribution in [3.8, 4) is 0 Å². The third-order valence-electron chi connectivity index (χ3n) is 5.21. The molecule has 3 rings (SSSR count). The van der Waals surface area contributed by atoms with Gasteiger partial charge in [-0.05, 0) is 49.4 Å². The lowest BCUT2D eigenvalue weighted by molar-refractivity contribution is -0.140. The third-order valence-corrected chi connectivity index (χ3v) is 8.07. The van der Waals surface area contributed by atoms with E-state index in [0.717, 1.165) is 32.8 Å². The number of nitrogens with zero attached hydrogens (tertiary/aromatic N) is 2. The van der Waals surface area contributed by atoms with E-state index in [0.29, 0.717) is 23.3 Å². The van der Waals surface area contributed by atoms with Crippen molar-refractivity contribution in [1.82, 2.24) is 4.98 Å². The Morgan fingerprint density at radius 1 is 1.40 bits per heavy atom. The van der Waals surface area contributed by atoms with Crippen molar-refractivity contribution in [2.45, 2.75) is 43.7 Å². The molecule has 1 aliphatic rings. The van der Waals surface area contributed by atoms with Crippen molar-refractivity contribution in [3.63, 3.8) is 0 Å². The van der Waals surface area contributed by atoms with Crippen molar-refractivity contribution in [2.24, 2.45) is 11.8 Å². The van der Waals surface area contributed by atoms with Crippen LogP contribution in [0.5, 0.6) is 0 Å². The SMILES string of the molecule is Cc1cc(Br)ccc1N(CC1CCCC1)C(=O)Nc1ncc(SCC(C)C(=O)O)s1. The lowest BCUT2D eigenvalue weighted by atomic mass is 10.1. The number of benzene rings is 1. The number of hydrogen-bond donors (Lipinski definition) is 2. The van der Waals surface area contributed by atoms with Crippen LogP contribution in [0.1, 0.15) is 38.2 Å². The van der Waals surface area contributed by atoms with Crippen LogP contribution in [-0.4, -0.2) is 34.4 Å². The molecule has 30 heavy (non-hydrogen) atoms. The van der Waals surface area contributed by atoms with Crippen molar-refractivity contribution in [1.29, 1.82) is 0 Å². The Labute approximate surface area is 193 Å². The van der Waals surface area contributed by atoms with Crippen LogP contribution in [0.2, 0.25) is 0 Å². The lowest BCUT2D eigenvalue weighted by Gasteiger charge is -2.27. The van der Waals surface area contributed by atoms with E-state index in [1.807, 2.05) is 30.0 Å². The highest BCUT2D eigenvalue weighted by Crippen LogP contribution is 2.32. The van der Waals surface area contributed by atoms with Crippen LogP contribution < -0.4 is 10.2 Å². The quantitative estimate of drug-likeness (QED) is 0.408. The molecule has 1 unspecified atom stereocenters. The van der Waals surface area contributed by atoms with Gasteiger partial charge in [0, 0.05) is 22.5 Å². The van der Waals surface area contributed by atoms with Gasteiger partial charge in [-0.3, -0.25) is 15.0 Å². The summed E-state index contributed by atoms with van der Waals surface area (Å²) in [5.74, 6) is -0.263. The van der Waals surface area contributed by atoms with E-state index in [9.17, 15) is 9.59 Å². The van der Waals surface area contributed by atoms with E-state index in [1.54, 1.807) is 13.1 Å². The minimum Gasteiger partial charge on any atom is -0.481 e. The number of carbonyl (C=O) groups is 2. The van der Waals surface area contributed by atoms with E-state index in [1.165, 1.54) is 35.9 Å². The van der Waals surface area contributed by atoms with Crippen LogP contribution in [0.3, 0.4) is 0 Å². The maximum atomic E-state index is 13.2. The summed E-state index contributed by atoms with van der Waals surface area (Å²) in [5, 5.41) is 12.5. The average Bonchev–Trinajstić information content (AvgIpc) is 3.36. The molecule has 0 saturated heterocycles. The molecule has 2 amide bonds. The molecular weight excluding hydrogens is 486 g/mol. The largest absolute Gasteiger partial charge is 0.481 e. The lowest BCUT2D eigenvalue weighted by Crippen LogP contribution is -2.38. The number of anilines is 2. The predicted octanol–water partition coefficient (Wildman–Crippen LogP) is 6.26. The first-order chi connectivity index (χ1) is 14.3. The summed E-state index contributed by atoms with van der Waals surface area (Å²) in [6, 6.07) is 5.77. The molecule has 2 aromatic rings. The molecule has 2 N–H and O–H groups in total. The zero-order chi connectivity index (χ0) is 21.7. The standard InChI is InChI=1S/C21H26BrN3O3S2/c1-13-9-16(22)7-8-17(13)25(11-15-5-3-4-6-15)21(28)24-20-23-10-18(30-20)29-12-14(2)19(26)27/h7-10,14-15H,3-6,11-12H2,1-2H3,(H,26,27)(H,23,24,28). The normalized spacial score (nSPS) is 15.2. The van der Waals surface area contributed by atoms with Crippen LogP contribution in [0.4, 0.5) is 15.6 Å². The van der Waals surface area contributed by atoms with Gasteiger partial charge < -0.3 is 5.11 Å². The predicted molar refractivity (Wildman–Crippen MR) is 127 cm³/mol. The Morgan fingerprint density at radius 3 is 2.80 bits per heavy atom. The molecule has 1 aromatic heterocycles. The number of aliphatic carboxylic acids is 1. The van der Waals surface area contributed by atoms with E-state index in [4.69, 9.17) is 5.11 Å². The average molecular weight is 512 g/mol. The van der Waals surface area contributed by atoms with Gasteiger partial charge in [0.15, 0.2) is 5.13 Å². The van der Waals surface area contributed by atoms with E-state index >= 15 is 0 Å². The Kier molecular flexibility index (Phi) is 8.19. The van der Waals surface area contributed by atoms with Crippen molar-refractivity contribution in [2.75, 3.05) is 22.5 Å². The maximum Gasteiger partial charge on any atom is 0.328 e. The summed E-state index contributed by atoms with van der Waals surface area (Å²) in [6.07, 6.45) is 6.44. The second-order valence-corrected chi connectivity index (χ2v) is 10.9. The Balaban J connectivity index is 1.71. The van der Waals surface area contributed by atoms with E-state index in [-0.39, 0.29) is 6.03 Å². The van der Waals surface area contributed by atoms with Crippen molar-refractivity contribution < 1.29 is 14.7 Å². The molecule has 162 valence electrons. The molecule has 1 aromatic carbocycles. The number of aromatic nitrogens is 1. The Hall–Kier alpha value is -1.58. The summed E-state index contributed by atoms with van der Waals surface area (Å²) >= 11 is 6.31. The van der Waals surface area contributed by atoms with Gasteiger partial charge >= 0.3 is 12.0 Å². The smallest absolute Gasteiger partial charge is 0.328 e. The number of thioether (sulfide) groups is 1. The van der Waals surface area contributed by atoms with Gasteiger partial charge in [0.1, 0.15) is 0 Å². The molecular formula is C21H26BrN3O3S2. The first-order valence-corrected chi connectivity index (χ1v) is 12.6. The van der Waals surface area contributed by atoms with E-state index in [2.05, 4.69) is 26.2 Å². The highest BCUT2D eigenvalue weighted by molar-refractivity contribution is 9.10. The molecule has 6 nitrogen and oxygen atoms in total. The number of amides is 2. The minimum absolute atomic E-state index is 0.183. The number of thiazole rings is 1. The molecule has 0 radical (unpaired) electrons. The number of hydrogen-bond acceptors (Lipinski definition) is 5. The van der Waals surface area contributed by atoms with Crippen LogP contribution in [0.25, 0.3) is 0 Å². The van der Waals surface area contributed by atoms with Gasteiger partial charge in [-0.25, -0.2) is 9.78 Å². The number of rotatable bonds is 8. The molecule has 1 heterocycles. The Morgan fingerprint density at radius 2 is 2.13 bits per heavy atom. The van der Waals surface area contributed by atoms with Gasteiger partial charge in [-0.2, -0.15) is 0 Å². The summed E-state index contributed by atoms with van der Waals surface area (Å²) < 4.78 is 1.88. The zero-order valence-corrected chi connectivity index (χ0v) is 20.3. The topological polar surface area (TPSA) is 82.5 Å². The number of carboxylic acid groups (broad SMARTS) is 1. The Bertz CT molecular complexity index is 899. The molecule has 1 aliphatic carbocycles. The first-order valence-electron chi connectivity index (χ1n) is 9.99. The second kappa shape index (κ2) is 10.6. The van der Waals surface area contributed by atoms with Gasteiger partial charge in [0.25, 0.3) is 0 Å². The van der Waals surface area contributed by atoms with Crippen LogP contribution in [-0.2, 0) is 4.79 Å². The fraction of sp³-hybridized carbons (Fsp3) is 0.476. The van der Waals surface area contributed by atoms with Crippen LogP contribution in [0, 0.1) is 18.8 Å². The summed E-state index contributed by atoms with van der Waals surface area (Å²) in [7, 11) is 0. The number of nitrogens with one attached hydrogen (secondary N) is 1. The number of halogens is 1. The molecule has 1 atom stereocenters. The molecule has 1 fully saturated rings. The van der Waals surface area contributed by atoms with Crippen molar-refractivity contribution in [3.05, 3.63) is 34.4 Å². The fourth-order valence-corrected chi connectivity index (χ4v) is 5.86. The summed E-state index contributed by atoms with van der Waals surface area (Å²) in [6.45, 7) is 4.38. The molecule has 0 aliphatic heterocycles. The summed E-state index contributed by atoms with van der Waals surface area (Å²) in [5.41, 5.74) is 1.94. The number of carboxylic acids is 1. The highest BCUT2D eigenvalue weighted by atomic mass is 79.9. The zero-order valence-electron chi connectivity index (χ0n) is 17.1. The fourth-order valence-electron chi connectivity index (χ4n) is 3.48. The highest BCUT2D eigenvalue weighted by Gasteiger charge is 2.25. The van der Waals surface area contributed by atoms with Crippen molar-refractivity contribution >= 4 is 61.8 Å². The first kappa shape index (κ1) is 23.1. The van der Waals surface area contributed by atoms with Crippen LogP contribution >= 0.6 is 39.0 Å². The number of carbonyl (C=O) groups excluding carboxylic acids is 1. The molecule has 0 spiro atoms. The third kappa shape index (κ3) is 6.21. The van der Waals surface area contributed by atoms with E-state index < -0.39 is 11.9 Å².